The molecular formula is C18H14LiN3O3. The Hall–Kier alpha value is -2.68. The molecule has 0 spiro atoms. The van der Waals surface area contributed by atoms with Gasteiger partial charge in [0.2, 0.25) is 0 Å². The van der Waals surface area contributed by atoms with Crippen LogP contribution in [0.4, 0.5) is 0 Å². The van der Waals surface area contributed by atoms with Crippen molar-refractivity contribution in [2.45, 2.75) is 13.5 Å². The van der Waals surface area contributed by atoms with Crippen molar-refractivity contribution in [3.8, 4) is 11.3 Å². The molecule has 0 saturated carbocycles. The molecule has 0 saturated heterocycles. The summed E-state index contributed by atoms with van der Waals surface area (Å²) in [5, 5.41) is 15.4. The molecule has 0 aliphatic rings. The number of aromatic carboxylic acids is 1. The summed E-state index contributed by atoms with van der Waals surface area (Å²) in [4.78, 5) is 27.2. The summed E-state index contributed by atoms with van der Waals surface area (Å²) in [5.74, 6) is -1.25. The van der Waals surface area contributed by atoms with Gasteiger partial charge in [0.25, 0.3) is 5.56 Å². The maximum atomic E-state index is 12.2. The van der Waals surface area contributed by atoms with Crippen molar-refractivity contribution in [2.75, 3.05) is 0 Å². The van der Waals surface area contributed by atoms with Crippen molar-refractivity contribution >= 4 is 5.97 Å². The Morgan fingerprint density at radius 3 is 2.68 bits per heavy atom. The third-order valence-electron chi connectivity index (χ3n) is 3.62. The maximum Gasteiger partial charge on any atom is 1.00 e. The number of hydrogen-bond acceptors (Lipinski definition) is 5. The Morgan fingerprint density at radius 2 is 2.00 bits per heavy atom. The van der Waals surface area contributed by atoms with Gasteiger partial charge in [-0.05, 0) is 41.8 Å². The van der Waals surface area contributed by atoms with E-state index >= 15 is 0 Å². The second kappa shape index (κ2) is 7.93. The van der Waals surface area contributed by atoms with Crippen molar-refractivity contribution < 1.29 is 28.8 Å². The number of hydrogen-bond donors (Lipinski definition) is 0. The van der Waals surface area contributed by atoms with Crippen molar-refractivity contribution in [1.29, 1.82) is 0 Å². The second-order valence-corrected chi connectivity index (χ2v) is 5.40. The van der Waals surface area contributed by atoms with Gasteiger partial charge in [-0.3, -0.25) is 9.78 Å². The third kappa shape index (κ3) is 4.24. The molecule has 0 unspecified atom stereocenters. The first-order valence-electron chi connectivity index (χ1n) is 7.34. The van der Waals surface area contributed by atoms with Crippen LogP contribution in [0.5, 0.6) is 0 Å². The van der Waals surface area contributed by atoms with Gasteiger partial charge in [-0.1, -0.05) is 18.2 Å². The number of nitrogens with zero attached hydrogens (tertiary/aromatic N) is 3. The largest absolute Gasteiger partial charge is 1.00 e. The number of rotatable bonds is 4. The second-order valence-electron chi connectivity index (χ2n) is 5.40. The van der Waals surface area contributed by atoms with E-state index in [9.17, 15) is 14.7 Å². The number of carboxylic acids is 1. The molecule has 0 aliphatic carbocycles. The number of aromatic nitrogens is 3. The van der Waals surface area contributed by atoms with Gasteiger partial charge >= 0.3 is 18.9 Å². The molecule has 0 radical (unpaired) electrons. The summed E-state index contributed by atoms with van der Waals surface area (Å²) in [6.45, 7) is 1.99. The third-order valence-corrected chi connectivity index (χ3v) is 3.62. The SMILES string of the molecule is Cc1cc(=O)n(Cc2cccc(C(=O)[O-])c2)nc1-c1cccnc1.[Li+]. The van der Waals surface area contributed by atoms with Crippen LogP contribution in [0.1, 0.15) is 21.5 Å². The summed E-state index contributed by atoms with van der Waals surface area (Å²) in [6.07, 6.45) is 3.35. The Kier molecular flexibility index (Phi) is 5.91. The van der Waals surface area contributed by atoms with Crippen LogP contribution < -0.4 is 29.5 Å². The predicted molar refractivity (Wildman–Crippen MR) is 86.3 cm³/mol. The molecule has 3 rings (SSSR count). The van der Waals surface area contributed by atoms with Crippen LogP contribution in [0, 0.1) is 6.92 Å². The average Bonchev–Trinajstić information content (AvgIpc) is 2.58. The van der Waals surface area contributed by atoms with Crippen LogP contribution >= 0.6 is 0 Å². The average molecular weight is 327 g/mol. The molecule has 120 valence electrons. The number of pyridine rings is 1. The standard InChI is InChI=1S/C18H15N3O3.Li/c1-12-8-16(22)21(20-17(12)15-6-3-7-19-10-15)11-13-4-2-5-14(9-13)18(23)24;/h2-10H,11H2,1H3,(H,23,24);/q;+1/p-1. The molecule has 2 aromatic heterocycles. The van der Waals surface area contributed by atoms with Crippen LogP contribution in [0.25, 0.3) is 11.3 Å². The molecule has 0 N–H and O–H groups in total. The minimum Gasteiger partial charge on any atom is -0.545 e. The van der Waals surface area contributed by atoms with Gasteiger partial charge in [0.1, 0.15) is 0 Å². The van der Waals surface area contributed by atoms with E-state index in [1.807, 2.05) is 13.0 Å². The van der Waals surface area contributed by atoms with Gasteiger partial charge in [-0.2, -0.15) is 5.10 Å². The van der Waals surface area contributed by atoms with E-state index in [1.54, 1.807) is 30.6 Å². The zero-order valence-corrected chi connectivity index (χ0v) is 14.0. The summed E-state index contributed by atoms with van der Waals surface area (Å²) in [5.41, 5.74) is 2.71. The van der Waals surface area contributed by atoms with Crippen molar-refractivity contribution in [2.24, 2.45) is 0 Å². The normalized spacial score (nSPS) is 10.1. The van der Waals surface area contributed by atoms with E-state index in [2.05, 4.69) is 10.1 Å². The summed E-state index contributed by atoms with van der Waals surface area (Å²) in [6, 6.07) is 11.5. The predicted octanol–water partition coefficient (Wildman–Crippen LogP) is -1.97. The van der Waals surface area contributed by atoms with Crippen molar-refractivity contribution in [3.63, 3.8) is 0 Å². The molecule has 0 amide bonds. The van der Waals surface area contributed by atoms with E-state index in [4.69, 9.17) is 0 Å². The smallest absolute Gasteiger partial charge is 0.545 e. The molecule has 0 bridgehead atoms. The maximum absolute atomic E-state index is 12.2. The fourth-order valence-corrected chi connectivity index (χ4v) is 2.45. The molecular weight excluding hydrogens is 313 g/mol. The molecule has 0 fully saturated rings. The Balaban J connectivity index is 0.00000225. The van der Waals surface area contributed by atoms with Crippen molar-refractivity contribution in [1.82, 2.24) is 14.8 Å². The minimum absolute atomic E-state index is 0. The number of carbonyl (C=O) groups excluding carboxylic acids is 1. The molecule has 0 atom stereocenters. The quantitative estimate of drug-likeness (QED) is 0.519. The Labute approximate surface area is 156 Å². The van der Waals surface area contributed by atoms with E-state index in [-0.39, 0.29) is 36.5 Å². The van der Waals surface area contributed by atoms with E-state index in [1.165, 1.54) is 22.9 Å². The summed E-state index contributed by atoms with van der Waals surface area (Å²) in [7, 11) is 0. The van der Waals surface area contributed by atoms with E-state index < -0.39 is 5.97 Å². The monoisotopic (exact) mass is 327 g/mol. The number of carbonyl (C=O) groups is 1. The zero-order valence-electron chi connectivity index (χ0n) is 14.0. The van der Waals surface area contributed by atoms with Crippen molar-refractivity contribution in [3.05, 3.63) is 81.9 Å². The van der Waals surface area contributed by atoms with Crippen LogP contribution in [-0.2, 0) is 6.54 Å². The summed E-state index contributed by atoms with van der Waals surface area (Å²) < 4.78 is 1.31. The molecule has 2 heterocycles. The van der Waals surface area contributed by atoms with Gasteiger partial charge in [-0.25, -0.2) is 4.68 Å². The fraction of sp³-hybridized carbons (Fsp3) is 0.111. The van der Waals surface area contributed by atoms with Crippen LogP contribution in [0.3, 0.4) is 0 Å². The van der Waals surface area contributed by atoms with E-state index in [0.717, 1.165) is 11.1 Å². The molecule has 6 nitrogen and oxygen atoms in total. The van der Waals surface area contributed by atoms with Gasteiger partial charge in [0.05, 0.1) is 18.2 Å². The fourth-order valence-electron chi connectivity index (χ4n) is 2.45. The Bertz CT molecular complexity index is 955. The zero-order chi connectivity index (χ0) is 17.1. The minimum atomic E-state index is -1.25. The van der Waals surface area contributed by atoms with Crippen LogP contribution in [-0.4, -0.2) is 20.7 Å². The van der Waals surface area contributed by atoms with Crippen LogP contribution in [0.15, 0.2) is 59.7 Å². The molecule has 25 heavy (non-hydrogen) atoms. The number of benzene rings is 1. The first-order valence-corrected chi connectivity index (χ1v) is 7.34. The van der Waals surface area contributed by atoms with E-state index in [0.29, 0.717) is 11.3 Å². The van der Waals surface area contributed by atoms with Gasteiger partial charge < -0.3 is 9.90 Å². The number of carboxylic acid groups (broad SMARTS) is 1. The Morgan fingerprint density at radius 1 is 1.20 bits per heavy atom. The molecule has 0 aliphatic heterocycles. The van der Waals surface area contributed by atoms with Gasteiger partial charge in [-0.15, -0.1) is 0 Å². The first kappa shape index (κ1) is 18.7. The first-order chi connectivity index (χ1) is 11.5. The van der Waals surface area contributed by atoms with Crippen LogP contribution in [0.2, 0.25) is 0 Å². The molecule has 1 aromatic carbocycles. The topological polar surface area (TPSA) is 87.9 Å². The van der Waals surface area contributed by atoms with Gasteiger partial charge in [0, 0.05) is 24.0 Å². The molecule has 3 aromatic rings. The summed E-state index contributed by atoms with van der Waals surface area (Å²) >= 11 is 0. The molecule has 7 heteroatoms. The number of aryl methyl sites for hydroxylation is 1. The van der Waals surface area contributed by atoms with Gasteiger partial charge in [0.15, 0.2) is 0 Å².